The van der Waals surface area contributed by atoms with E-state index in [2.05, 4.69) is 10.2 Å². The number of halogens is 3. The summed E-state index contributed by atoms with van der Waals surface area (Å²) < 4.78 is 45.1. The molecule has 4 aromatic rings. The summed E-state index contributed by atoms with van der Waals surface area (Å²) in [4.78, 5) is 12.2. The number of hydrogen-bond donors (Lipinski definition) is 0. The van der Waals surface area contributed by atoms with Crippen LogP contribution in [0.2, 0.25) is 0 Å². The molecule has 0 aliphatic heterocycles. The van der Waals surface area contributed by atoms with Crippen molar-refractivity contribution >= 4 is 28.4 Å². The van der Waals surface area contributed by atoms with Gasteiger partial charge in [-0.05, 0) is 30.0 Å². The highest BCUT2D eigenvalue weighted by atomic mass is 32.2. The Morgan fingerprint density at radius 1 is 1.08 bits per heavy atom. The maximum atomic E-state index is 12.9. The maximum Gasteiger partial charge on any atom is 0.417 e. The van der Waals surface area contributed by atoms with E-state index in [0.717, 1.165) is 24.0 Å². The minimum Gasteiger partial charge on any atom is -0.423 e. The van der Waals surface area contributed by atoms with E-state index in [4.69, 9.17) is 4.42 Å². The number of rotatable bonds is 2. The van der Waals surface area contributed by atoms with Gasteiger partial charge in [0.2, 0.25) is 0 Å². The van der Waals surface area contributed by atoms with Gasteiger partial charge in [0.15, 0.2) is 10.8 Å². The molecule has 4 rings (SSSR count). The van der Waals surface area contributed by atoms with Gasteiger partial charge in [-0.3, -0.25) is 4.40 Å². The fourth-order valence-electron chi connectivity index (χ4n) is 2.37. The lowest BCUT2D eigenvalue weighted by molar-refractivity contribution is -0.137. The van der Waals surface area contributed by atoms with Crippen molar-refractivity contribution < 1.29 is 17.6 Å². The van der Waals surface area contributed by atoms with Crippen LogP contribution in [0.4, 0.5) is 13.2 Å². The van der Waals surface area contributed by atoms with Crippen LogP contribution in [0.15, 0.2) is 67.9 Å². The van der Waals surface area contributed by atoms with Gasteiger partial charge in [-0.1, -0.05) is 18.2 Å². The van der Waals surface area contributed by atoms with E-state index in [1.54, 1.807) is 24.3 Å². The zero-order valence-corrected chi connectivity index (χ0v) is 13.1. The SMILES string of the molecule is O=c1cc(Sc2nnc3ccc(C(F)(F)F)cn23)c2ccccc2o1. The summed E-state index contributed by atoms with van der Waals surface area (Å²) in [5, 5.41) is 8.67. The van der Waals surface area contributed by atoms with Gasteiger partial charge in [0.1, 0.15) is 5.58 Å². The zero-order chi connectivity index (χ0) is 17.6. The molecule has 0 saturated carbocycles. The van der Waals surface area contributed by atoms with Crippen LogP contribution in [0, 0.1) is 0 Å². The lowest BCUT2D eigenvalue weighted by Gasteiger charge is -2.07. The molecule has 0 aliphatic carbocycles. The summed E-state index contributed by atoms with van der Waals surface area (Å²) in [6.07, 6.45) is -3.54. The quantitative estimate of drug-likeness (QED) is 0.504. The number of para-hydroxylation sites is 1. The lowest BCUT2D eigenvalue weighted by atomic mass is 10.2. The smallest absolute Gasteiger partial charge is 0.417 e. The van der Waals surface area contributed by atoms with Crippen molar-refractivity contribution in [1.82, 2.24) is 14.6 Å². The third kappa shape index (κ3) is 2.86. The van der Waals surface area contributed by atoms with Gasteiger partial charge in [0.25, 0.3) is 0 Å². The van der Waals surface area contributed by atoms with Crippen molar-refractivity contribution in [2.24, 2.45) is 0 Å². The molecule has 126 valence electrons. The third-order valence-electron chi connectivity index (χ3n) is 3.51. The van der Waals surface area contributed by atoms with Gasteiger partial charge in [0, 0.05) is 22.5 Å². The molecule has 0 unspecified atom stereocenters. The fourth-order valence-corrected chi connectivity index (χ4v) is 3.33. The van der Waals surface area contributed by atoms with Gasteiger partial charge < -0.3 is 4.42 Å². The number of fused-ring (bicyclic) bond motifs is 2. The maximum absolute atomic E-state index is 12.9. The van der Waals surface area contributed by atoms with Crippen molar-refractivity contribution in [2.45, 2.75) is 16.2 Å². The molecule has 0 atom stereocenters. The summed E-state index contributed by atoms with van der Waals surface area (Å²) in [5.41, 5.74) is -0.685. The Morgan fingerprint density at radius 3 is 2.68 bits per heavy atom. The van der Waals surface area contributed by atoms with Crippen LogP contribution in [0.25, 0.3) is 16.6 Å². The summed E-state index contributed by atoms with van der Waals surface area (Å²) in [5.74, 6) is 0. The van der Waals surface area contributed by atoms with Gasteiger partial charge >= 0.3 is 11.8 Å². The van der Waals surface area contributed by atoms with Crippen LogP contribution < -0.4 is 5.63 Å². The molecule has 1 aromatic carbocycles. The number of hydrogen-bond acceptors (Lipinski definition) is 5. The average molecular weight is 363 g/mol. The first-order valence-corrected chi connectivity index (χ1v) is 7.86. The van der Waals surface area contributed by atoms with Gasteiger partial charge in [0.05, 0.1) is 5.56 Å². The summed E-state index contributed by atoms with van der Waals surface area (Å²) >= 11 is 1.05. The van der Waals surface area contributed by atoms with Crippen molar-refractivity contribution in [3.63, 3.8) is 0 Å². The molecule has 0 fully saturated rings. The Bertz CT molecular complexity index is 1150. The van der Waals surface area contributed by atoms with E-state index in [1.807, 2.05) is 0 Å². The molecule has 9 heteroatoms. The Hall–Kier alpha value is -2.81. The predicted molar refractivity (Wildman–Crippen MR) is 84.6 cm³/mol. The lowest BCUT2D eigenvalue weighted by Crippen LogP contribution is -2.06. The van der Waals surface area contributed by atoms with E-state index in [0.29, 0.717) is 15.9 Å². The molecule has 3 aromatic heterocycles. The van der Waals surface area contributed by atoms with Crippen LogP contribution in [0.1, 0.15) is 5.56 Å². The normalized spacial score (nSPS) is 12.1. The summed E-state index contributed by atoms with van der Waals surface area (Å²) in [6, 6.07) is 10.4. The predicted octanol–water partition coefficient (Wildman–Crippen LogP) is 4.01. The van der Waals surface area contributed by atoms with Crippen molar-refractivity contribution in [3.8, 4) is 0 Å². The highest BCUT2D eigenvalue weighted by Crippen LogP contribution is 2.33. The van der Waals surface area contributed by atoms with Crippen LogP contribution in [-0.2, 0) is 6.18 Å². The summed E-state index contributed by atoms with van der Waals surface area (Å²) in [6.45, 7) is 0. The molecule has 0 amide bonds. The molecule has 0 radical (unpaired) electrons. The van der Waals surface area contributed by atoms with Crippen molar-refractivity contribution in [2.75, 3.05) is 0 Å². The van der Waals surface area contributed by atoms with E-state index >= 15 is 0 Å². The molecular formula is C16H8F3N3O2S. The molecular weight excluding hydrogens is 355 g/mol. The first-order valence-electron chi connectivity index (χ1n) is 7.04. The minimum absolute atomic E-state index is 0.219. The van der Waals surface area contributed by atoms with Gasteiger partial charge in [-0.2, -0.15) is 13.2 Å². The Labute approximate surface area is 142 Å². The van der Waals surface area contributed by atoms with Crippen LogP contribution in [0.5, 0.6) is 0 Å². The monoisotopic (exact) mass is 363 g/mol. The average Bonchev–Trinajstić information content (AvgIpc) is 2.96. The number of pyridine rings is 1. The molecule has 0 aliphatic rings. The van der Waals surface area contributed by atoms with E-state index in [9.17, 15) is 18.0 Å². The zero-order valence-electron chi connectivity index (χ0n) is 12.3. The van der Waals surface area contributed by atoms with Crippen LogP contribution in [-0.4, -0.2) is 14.6 Å². The van der Waals surface area contributed by atoms with E-state index in [1.165, 1.54) is 16.5 Å². The molecule has 25 heavy (non-hydrogen) atoms. The second kappa shape index (κ2) is 5.62. The minimum atomic E-state index is -4.47. The molecule has 0 bridgehead atoms. The Balaban J connectivity index is 1.85. The number of alkyl halides is 3. The van der Waals surface area contributed by atoms with E-state index < -0.39 is 17.4 Å². The van der Waals surface area contributed by atoms with Crippen molar-refractivity contribution in [3.05, 3.63) is 64.6 Å². The first-order chi connectivity index (χ1) is 11.9. The second-order valence-corrected chi connectivity index (χ2v) is 6.16. The first kappa shape index (κ1) is 15.7. The number of nitrogens with zero attached hydrogens (tertiary/aromatic N) is 3. The molecule has 0 saturated heterocycles. The fraction of sp³-hybridized carbons (Fsp3) is 0.0625. The Kier molecular flexibility index (Phi) is 3.53. The van der Waals surface area contributed by atoms with E-state index in [-0.39, 0.29) is 10.8 Å². The van der Waals surface area contributed by atoms with Crippen molar-refractivity contribution in [1.29, 1.82) is 0 Å². The van der Waals surface area contributed by atoms with Crippen LogP contribution >= 0.6 is 11.8 Å². The second-order valence-electron chi connectivity index (χ2n) is 5.15. The molecule has 5 nitrogen and oxygen atoms in total. The number of aromatic nitrogens is 3. The highest BCUT2D eigenvalue weighted by molar-refractivity contribution is 7.99. The topological polar surface area (TPSA) is 60.4 Å². The Morgan fingerprint density at radius 2 is 1.88 bits per heavy atom. The molecule has 0 spiro atoms. The largest absolute Gasteiger partial charge is 0.423 e. The highest BCUT2D eigenvalue weighted by Gasteiger charge is 2.31. The van der Waals surface area contributed by atoms with Gasteiger partial charge in [-0.25, -0.2) is 4.79 Å². The standard InChI is InChI=1S/C16H8F3N3O2S/c17-16(18,19)9-5-6-13-20-21-15(22(13)8-9)25-12-7-14(23)24-11-4-2-1-3-10(11)12/h1-8H. The van der Waals surface area contributed by atoms with Gasteiger partial charge in [-0.15, -0.1) is 10.2 Å². The van der Waals surface area contributed by atoms with Crippen LogP contribution in [0.3, 0.4) is 0 Å². The molecule has 0 N–H and O–H groups in total. The number of benzene rings is 1. The molecule has 3 heterocycles. The third-order valence-corrected chi connectivity index (χ3v) is 4.53. The summed E-state index contributed by atoms with van der Waals surface area (Å²) in [7, 11) is 0.